The largest absolute Gasteiger partial charge is 0.346 e. The van der Waals surface area contributed by atoms with E-state index in [1.54, 1.807) is 26.0 Å². The monoisotopic (exact) mass is 210 g/mol. The van der Waals surface area contributed by atoms with Crippen LogP contribution in [0, 0.1) is 0 Å². The van der Waals surface area contributed by atoms with Gasteiger partial charge in [-0.05, 0) is 13.8 Å². The van der Waals surface area contributed by atoms with Gasteiger partial charge in [0.25, 0.3) is 0 Å². The van der Waals surface area contributed by atoms with Gasteiger partial charge in [0, 0.05) is 19.1 Å². The lowest BCUT2D eigenvalue weighted by atomic mass is 10.3. The van der Waals surface area contributed by atoms with Gasteiger partial charge in [0.05, 0.1) is 0 Å². The van der Waals surface area contributed by atoms with Crippen molar-refractivity contribution in [2.45, 2.75) is 19.9 Å². The predicted molar refractivity (Wildman–Crippen MR) is 60.3 cm³/mol. The van der Waals surface area contributed by atoms with Gasteiger partial charge < -0.3 is 10.2 Å². The predicted octanol–water partition coefficient (Wildman–Crippen LogP) is 0.712. The van der Waals surface area contributed by atoms with Crippen LogP contribution in [0.25, 0.3) is 0 Å². The highest BCUT2D eigenvalue weighted by molar-refractivity contribution is 6.35. The molecule has 4 nitrogen and oxygen atoms in total. The number of nitrogens with one attached hydrogen (secondary N) is 1. The van der Waals surface area contributed by atoms with Crippen molar-refractivity contribution in [2.24, 2.45) is 0 Å². The second-order valence-corrected chi connectivity index (χ2v) is 3.42. The highest BCUT2D eigenvalue weighted by atomic mass is 16.2. The summed E-state index contributed by atoms with van der Waals surface area (Å²) in [5.74, 6) is -1.14. The maximum absolute atomic E-state index is 11.6. The summed E-state index contributed by atoms with van der Waals surface area (Å²) in [6.45, 7) is 11.3. The molecular weight excluding hydrogens is 192 g/mol. The van der Waals surface area contributed by atoms with E-state index in [-0.39, 0.29) is 6.04 Å². The van der Waals surface area contributed by atoms with Crippen molar-refractivity contribution in [1.29, 1.82) is 0 Å². The number of carbonyl (C=O) groups excluding carboxylic acids is 2. The molecule has 0 aliphatic carbocycles. The first-order chi connectivity index (χ1) is 7.02. The Morgan fingerprint density at radius 1 is 1.27 bits per heavy atom. The molecule has 84 valence electrons. The number of nitrogens with zero attached hydrogens (tertiary/aromatic N) is 1. The zero-order chi connectivity index (χ0) is 11.8. The normalized spacial score (nSPS) is 9.53. The van der Waals surface area contributed by atoms with Crippen LogP contribution in [0.2, 0.25) is 0 Å². The Labute approximate surface area is 90.6 Å². The zero-order valence-electron chi connectivity index (χ0n) is 9.32. The summed E-state index contributed by atoms with van der Waals surface area (Å²) in [6, 6.07) is -0.0456. The molecular formula is C11H18N2O2. The fourth-order valence-corrected chi connectivity index (χ4v) is 1.02. The molecule has 0 bridgehead atoms. The summed E-state index contributed by atoms with van der Waals surface area (Å²) in [7, 11) is 0. The summed E-state index contributed by atoms with van der Waals surface area (Å²) in [5, 5.41) is 2.54. The van der Waals surface area contributed by atoms with E-state index in [2.05, 4.69) is 18.5 Å². The van der Waals surface area contributed by atoms with Crippen molar-refractivity contribution in [3.63, 3.8) is 0 Å². The van der Waals surface area contributed by atoms with Gasteiger partial charge in [0.2, 0.25) is 0 Å². The first kappa shape index (κ1) is 13.4. The second kappa shape index (κ2) is 6.81. The summed E-state index contributed by atoms with van der Waals surface area (Å²) in [6.07, 6.45) is 3.15. The van der Waals surface area contributed by atoms with Crippen LogP contribution >= 0.6 is 0 Å². The van der Waals surface area contributed by atoms with Gasteiger partial charge in [-0.2, -0.15) is 0 Å². The van der Waals surface area contributed by atoms with Crippen LogP contribution in [0.1, 0.15) is 13.8 Å². The summed E-state index contributed by atoms with van der Waals surface area (Å²) in [4.78, 5) is 24.3. The molecule has 0 fully saturated rings. The lowest BCUT2D eigenvalue weighted by molar-refractivity contribution is -0.145. The Morgan fingerprint density at radius 3 is 2.07 bits per heavy atom. The molecule has 0 unspecified atom stereocenters. The van der Waals surface area contributed by atoms with Gasteiger partial charge in [-0.3, -0.25) is 9.59 Å². The van der Waals surface area contributed by atoms with E-state index in [1.807, 2.05) is 0 Å². The molecule has 0 saturated carbocycles. The molecule has 0 heterocycles. The highest BCUT2D eigenvalue weighted by Crippen LogP contribution is 1.92. The Morgan fingerprint density at radius 2 is 1.73 bits per heavy atom. The molecule has 0 atom stereocenters. The molecule has 0 aliphatic heterocycles. The summed E-state index contributed by atoms with van der Waals surface area (Å²) < 4.78 is 0. The van der Waals surface area contributed by atoms with E-state index in [9.17, 15) is 9.59 Å². The molecule has 0 rings (SSSR count). The van der Waals surface area contributed by atoms with Gasteiger partial charge in [-0.15, -0.1) is 13.2 Å². The van der Waals surface area contributed by atoms with Gasteiger partial charge >= 0.3 is 11.8 Å². The molecule has 1 N–H and O–H groups in total. The van der Waals surface area contributed by atoms with Crippen molar-refractivity contribution in [1.82, 2.24) is 10.2 Å². The number of hydrogen-bond acceptors (Lipinski definition) is 2. The molecule has 2 amide bonds. The standard InChI is InChI=1S/C11H18N2O2/c1-5-7-13(8-6-2)11(15)10(14)12-9(3)4/h5-6,9H,1-2,7-8H2,3-4H3,(H,12,14). The molecule has 15 heavy (non-hydrogen) atoms. The van der Waals surface area contributed by atoms with Crippen LogP contribution in [0.5, 0.6) is 0 Å². The van der Waals surface area contributed by atoms with E-state index in [4.69, 9.17) is 0 Å². The smallest absolute Gasteiger partial charge is 0.312 e. The SMILES string of the molecule is C=CCN(CC=C)C(=O)C(=O)NC(C)C. The lowest BCUT2D eigenvalue weighted by Gasteiger charge is -2.19. The minimum absolute atomic E-state index is 0.0456. The molecule has 0 radical (unpaired) electrons. The van der Waals surface area contributed by atoms with Crippen LogP contribution < -0.4 is 5.32 Å². The second-order valence-electron chi connectivity index (χ2n) is 3.42. The Balaban J connectivity index is 4.40. The quantitative estimate of drug-likeness (QED) is 0.536. The summed E-state index contributed by atoms with van der Waals surface area (Å²) >= 11 is 0. The van der Waals surface area contributed by atoms with Gasteiger partial charge in [-0.25, -0.2) is 0 Å². The Bertz CT molecular complexity index is 249. The van der Waals surface area contributed by atoms with Crippen molar-refractivity contribution in [2.75, 3.05) is 13.1 Å². The topological polar surface area (TPSA) is 49.4 Å². The number of carbonyl (C=O) groups is 2. The van der Waals surface area contributed by atoms with E-state index < -0.39 is 11.8 Å². The average Bonchev–Trinajstić information content (AvgIpc) is 2.15. The van der Waals surface area contributed by atoms with Crippen molar-refractivity contribution >= 4 is 11.8 Å². The van der Waals surface area contributed by atoms with E-state index >= 15 is 0 Å². The lowest BCUT2D eigenvalue weighted by Crippen LogP contribution is -2.45. The third-order valence-corrected chi connectivity index (χ3v) is 1.60. The fourth-order valence-electron chi connectivity index (χ4n) is 1.02. The molecule has 0 saturated heterocycles. The highest BCUT2D eigenvalue weighted by Gasteiger charge is 2.19. The number of amides is 2. The number of rotatable bonds is 5. The molecule has 0 spiro atoms. The van der Waals surface area contributed by atoms with Crippen LogP contribution in [-0.4, -0.2) is 35.8 Å². The average molecular weight is 210 g/mol. The summed E-state index contributed by atoms with van der Waals surface area (Å²) in [5.41, 5.74) is 0. The molecule has 0 aliphatic rings. The molecule has 0 aromatic heterocycles. The Kier molecular flexibility index (Phi) is 6.09. The first-order valence-electron chi connectivity index (χ1n) is 4.84. The first-order valence-corrected chi connectivity index (χ1v) is 4.84. The van der Waals surface area contributed by atoms with Crippen LogP contribution in [0.3, 0.4) is 0 Å². The maximum Gasteiger partial charge on any atom is 0.312 e. The minimum Gasteiger partial charge on any atom is -0.346 e. The van der Waals surface area contributed by atoms with Crippen molar-refractivity contribution in [3.05, 3.63) is 25.3 Å². The molecule has 0 aromatic carbocycles. The van der Waals surface area contributed by atoms with Crippen LogP contribution in [0.4, 0.5) is 0 Å². The third kappa shape index (κ3) is 5.00. The molecule has 0 aromatic rings. The van der Waals surface area contributed by atoms with Gasteiger partial charge in [-0.1, -0.05) is 12.2 Å². The zero-order valence-corrected chi connectivity index (χ0v) is 9.32. The van der Waals surface area contributed by atoms with E-state index in [1.165, 1.54) is 4.90 Å². The van der Waals surface area contributed by atoms with Gasteiger partial charge in [0.1, 0.15) is 0 Å². The van der Waals surface area contributed by atoms with Crippen LogP contribution in [-0.2, 0) is 9.59 Å². The minimum atomic E-state index is -0.589. The number of hydrogen-bond donors (Lipinski definition) is 1. The third-order valence-electron chi connectivity index (χ3n) is 1.60. The van der Waals surface area contributed by atoms with E-state index in [0.29, 0.717) is 13.1 Å². The molecule has 4 heteroatoms. The fraction of sp³-hybridized carbons (Fsp3) is 0.455. The van der Waals surface area contributed by atoms with Crippen molar-refractivity contribution < 1.29 is 9.59 Å². The van der Waals surface area contributed by atoms with Crippen LogP contribution in [0.15, 0.2) is 25.3 Å². The van der Waals surface area contributed by atoms with E-state index in [0.717, 1.165) is 0 Å². The van der Waals surface area contributed by atoms with Gasteiger partial charge in [0.15, 0.2) is 0 Å². The maximum atomic E-state index is 11.6. The van der Waals surface area contributed by atoms with Crippen molar-refractivity contribution in [3.8, 4) is 0 Å². The Hall–Kier alpha value is -1.58.